The Balaban J connectivity index is 1.86. The van der Waals surface area contributed by atoms with Crippen molar-refractivity contribution >= 4 is 5.97 Å². The first-order chi connectivity index (χ1) is 12.3. The van der Waals surface area contributed by atoms with E-state index in [0.717, 1.165) is 16.9 Å². The smallest absolute Gasteiger partial charge is 0.341 e. The molecule has 0 fully saturated rings. The van der Waals surface area contributed by atoms with Crippen LogP contribution in [0.25, 0.3) is 0 Å². The molecule has 0 aliphatic carbocycles. The van der Waals surface area contributed by atoms with Gasteiger partial charge in [-0.1, -0.05) is 12.1 Å². The number of aryl methyl sites for hydroxylation is 3. The minimum absolute atomic E-state index is 0.208. The van der Waals surface area contributed by atoms with Crippen LogP contribution in [-0.4, -0.2) is 49.4 Å². The molecule has 0 aliphatic heterocycles. The van der Waals surface area contributed by atoms with Gasteiger partial charge in [-0.15, -0.1) is 0 Å². The minimum atomic E-state index is -0.643. The lowest BCUT2D eigenvalue weighted by Gasteiger charge is -2.20. The molecule has 6 nitrogen and oxygen atoms in total. The molecule has 0 bridgehead atoms. The van der Waals surface area contributed by atoms with Gasteiger partial charge in [-0.3, -0.25) is 4.90 Å². The van der Waals surface area contributed by atoms with Gasteiger partial charge in [0.2, 0.25) is 0 Å². The third-order valence-corrected chi connectivity index (χ3v) is 4.10. The van der Waals surface area contributed by atoms with Crippen LogP contribution in [0.15, 0.2) is 28.7 Å². The average molecular weight is 361 g/mol. The van der Waals surface area contributed by atoms with Crippen molar-refractivity contribution in [1.82, 2.24) is 4.90 Å². The van der Waals surface area contributed by atoms with Crippen LogP contribution < -0.4 is 4.74 Å². The summed E-state index contributed by atoms with van der Waals surface area (Å²) in [7, 11) is 3.21. The number of aliphatic hydroxyl groups excluding tert-OH is 1. The monoisotopic (exact) mass is 361 g/mol. The number of carbonyl (C=O) groups is 1. The predicted octanol–water partition coefficient (Wildman–Crippen LogP) is 2.86. The molecule has 0 spiro atoms. The van der Waals surface area contributed by atoms with Gasteiger partial charge in [-0.25, -0.2) is 4.79 Å². The van der Waals surface area contributed by atoms with Crippen molar-refractivity contribution in [2.45, 2.75) is 33.4 Å². The number of benzene rings is 1. The highest BCUT2D eigenvalue weighted by Crippen LogP contribution is 2.20. The normalized spacial score (nSPS) is 12.3. The standard InChI is InChI=1S/C20H27NO5/c1-13-6-7-14(2)19(8-13)25-12-16(22)10-21(4)11-17-9-18(15(3)26-17)20(23)24-5/h6-9,16,22H,10-12H2,1-5H3. The van der Waals surface area contributed by atoms with Gasteiger partial charge in [0.1, 0.15) is 35.5 Å². The van der Waals surface area contributed by atoms with Gasteiger partial charge in [0.25, 0.3) is 0 Å². The molecule has 2 rings (SSSR count). The molecule has 0 saturated heterocycles. The quantitative estimate of drug-likeness (QED) is 0.729. The first kappa shape index (κ1) is 20.0. The first-order valence-electron chi connectivity index (χ1n) is 8.54. The van der Waals surface area contributed by atoms with Crippen molar-refractivity contribution in [2.75, 3.05) is 27.3 Å². The van der Waals surface area contributed by atoms with Gasteiger partial charge in [-0.05, 0) is 51.1 Å². The molecule has 0 saturated carbocycles. The molecular formula is C20H27NO5. The van der Waals surface area contributed by atoms with Gasteiger partial charge >= 0.3 is 5.97 Å². The van der Waals surface area contributed by atoms with Crippen LogP contribution in [0.5, 0.6) is 5.75 Å². The number of ether oxygens (including phenoxy) is 2. The zero-order valence-electron chi connectivity index (χ0n) is 16.0. The summed E-state index contributed by atoms with van der Waals surface area (Å²) in [6, 6.07) is 7.67. The number of aliphatic hydroxyl groups is 1. The molecule has 6 heteroatoms. The summed E-state index contributed by atoms with van der Waals surface area (Å²) in [6.07, 6.45) is -0.643. The van der Waals surface area contributed by atoms with E-state index in [1.54, 1.807) is 13.0 Å². The Bertz CT molecular complexity index is 753. The van der Waals surface area contributed by atoms with Gasteiger partial charge in [0.15, 0.2) is 0 Å². The lowest BCUT2D eigenvalue weighted by Crippen LogP contribution is -2.32. The van der Waals surface area contributed by atoms with E-state index < -0.39 is 12.1 Å². The fourth-order valence-corrected chi connectivity index (χ4v) is 2.73. The number of hydrogen-bond donors (Lipinski definition) is 1. The zero-order valence-corrected chi connectivity index (χ0v) is 16.0. The predicted molar refractivity (Wildman–Crippen MR) is 98.5 cm³/mol. The maximum Gasteiger partial charge on any atom is 0.341 e. The third-order valence-electron chi connectivity index (χ3n) is 4.10. The Hall–Kier alpha value is -2.31. The fourth-order valence-electron chi connectivity index (χ4n) is 2.73. The number of esters is 1. The van der Waals surface area contributed by atoms with Crippen molar-refractivity contribution < 1.29 is 23.8 Å². The Morgan fingerprint density at radius 1 is 1.27 bits per heavy atom. The summed E-state index contributed by atoms with van der Waals surface area (Å²) in [5.41, 5.74) is 2.58. The van der Waals surface area contributed by atoms with E-state index in [2.05, 4.69) is 0 Å². The highest BCUT2D eigenvalue weighted by molar-refractivity contribution is 5.90. The molecular weight excluding hydrogens is 334 g/mol. The van der Waals surface area contributed by atoms with E-state index in [4.69, 9.17) is 13.9 Å². The van der Waals surface area contributed by atoms with E-state index in [1.807, 2.05) is 44.0 Å². The molecule has 1 N–H and O–H groups in total. The van der Waals surface area contributed by atoms with Crippen LogP contribution in [0.2, 0.25) is 0 Å². The van der Waals surface area contributed by atoms with Crippen molar-refractivity contribution in [2.24, 2.45) is 0 Å². The van der Waals surface area contributed by atoms with E-state index in [1.165, 1.54) is 7.11 Å². The van der Waals surface area contributed by atoms with Crippen molar-refractivity contribution in [3.8, 4) is 5.75 Å². The van der Waals surface area contributed by atoms with E-state index in [-0.39, 0.29) is 6.61 Å². The maximum atomic E-state index is 11.6. The first-order valence-corrected chi connectivity index (χ1v) is 8.54. The Morgan fingerprint density at radius 3 is 2.69 bits per heavy atom. The molecule has 0 aliphatic rings. The van der Waals surface area contributed by atoms with E-state index in [0.29, 0.717) is 30.2 Å². The number of furan rings is 1. The average Bonchev–Trinajstić information content (AvgIpc) is 2.95. The summed E-state index contributed by atoms with van der Waals surface area (Å²) < 4.78 is 16.1. The number of likely N-dealkylation sites (N-methyl/N-ethyl adjacent to an activating group) is 1. The number of methoxy groups -OCH3 is 1. The lowest BCUT2D eigenvalue weighted by atomic mass is 10.1. The zero-order chi connectivity index (χ0) is 19.3. The van der Waals surface area contributed by atoms with E-state index in [9.17, 15) is 9.90 Å². The molecule has 0 radical (unpaired) electrons. The minimum Gasteiger partial charge on any atom is -0.491 e. The third kappa shape index (κ3) is 5.34. The second-order valence-electron chi connectivity index (χ2n) is 6.60. The SMILES string of the molecule is COC(=O)c1cc(CN(C)CC(O)COc2cc(C)ccc2C)oc1C. The molecule has 26 heavy (non-hydrogen) atoms. The lowest BCUT2D eigenvalue weighted by molar-refractivity contribution is 0.0598. The van der Waals surface area contributed by atoms with Crippen molar-refractivity contribution in [1.29, 1.82) is 0 Å². The maximum absolute atomic E-state index is 11.6. The van der Waals surface area contributed by atoms with Gasteiger partial charge in [0.05, 0.1) is 13.7 Å². The summed E-state index contributed by atoms with van der Waals surface area (Å²) >= 11 is 0. The van der Waals surface area contributed by atoms with Crippen LogP contribution in [0.4, 0.5) is 0 Å². The number of rotatable bonds is 8. The topological polar surface area (TPSA) is 72.1 Å². The van der Waals surface area contributed by atoms with Gasteiger partial charge in [0, 0.05) is 6.54 Å². The Morgan fingerprint density at radius 2 is 2.00 bits per heavy atom. The van der Waals surface area contributed by atoms with Crippen molar-refractivity contribution in [3.63, 3.8) is 0 Å². The highest BCUT2D eigenvalue weighted by Gasteiger charge is 2.17. The number of nitrogens with zero attached hydrogens (tertiary/aromatic N) is 1. The molecule has 1 aromatic heterocycles. The van der Waals surface area contributed by atoms with Crippen LogP contribution in [-0.2, 0) is 11.3 Å². The Labute approximate surface area is 154 Å². The summed E-state index contributed by atoms with van der Waals surface area (Å²) in [4.78, 5) is 13.5. The second kappa shape index (κ2) is 8.87. The van der Waals surface area contributed by atoms with Crippen LogP contribution >= 0.6 is 0 Å². The highest BCUT2D eigenvalue weighted by atomic mass is 16.5. The molecule has 1 unspecified atom stereocenters. The molecule has 0 amide bonds. The number of hydrogen-bond acceptors (Lipinski definition) is 6. The largest absolute Gasteiger partial charge is 0.491 e. The molecule has 1 atom stereocenters. The van der Waals surface area contributed by atoms with Crippen molar-refractivity contribution in [3.05, 3.63) is 52.5 Å². The van der Waals surface area contributed by atoms with E-state index >= 15 is 0 Å². The number of carbonyl (C=O) groups excluding carboxylic acids is 1. The summed E-state index contributed by atoms with van der Waals surface area (Å²) in [6.45, 7) is 6.80. The Kier molecular flexibility index (Phi) is 6.83. The second-order valence-corrected chi connectivity index (χ2v) is 6.60. The summed E-state index contributed by atoms with van der Waals surface area (Å²) in [5.74, 6) is 1.55. The van der Waals surface area contributed by atoms with Crippen LogP contribution in [0, 0.1) is 20.8 Å². The van der Waals surface area contributed by atoms with Gasteiger partial charge < -0.3 is 19.0 Å². The van der Waals surface area contributed by atoms with Crippen LogP contribution in [0.1, 0.15) is 33.0 Å². The molecule has 1 aromatic carbocycles. The van der Waals surface area contributed by atoms with Gasteiger partial charge in [-0.2, -0.15) is 0 Å². The molecule has 2 aromatic rings. The fraction of sp³-hybridized carbons (Fsp3) is 0.450. The summed E-state index contributed by atoms with van der Waals surface area (Å²) in [5, 5.41) is 10.2. The molecule has 1 heterocycles. The molecule has 142 valence electrons. The van der Waals surface area contributed by atoms with Crippen LogP contribution in [0.3, 0.4) is 0 Å².